The van der Waals surface area contributed by atoms with Gasteiger partial charge in [0.25, 0.3) is 5.69 Å². The van der Waals surface area contributed by atoms with Gasteiger partial charge in [0.1, 0.15) is 0 Å². The highest BCUT2D eigenvalue weighted by Crippen LogP contribution is 2.24. The van der Waals surface area contributed by atoms with Gasteiger partial charge in [-0.15, -0.1) is 0 Å². The van der Waals surface area contributed by atoms with Crippen LogP contribution in [0.2, 0.25) is 5.02 Å². The number of rotatable bonds is 7. The Morgan fingerprint density at radius 1 is 1.19 bits per heavy atom. The number of carbonyl (C=O) groups is 2. The Bertz CT molecular complexity index is 904. The van der Waals surface area contributed by atoms with Gasteiger partial charge < -0.3 is 5.32 Å². The van der Waals surface area contributed by atoms with E-state index in [0.717, 1.165) is 0 Å². The summed E-state index contributed by atoms with van der Waals surface area (Å²) in [5, 5.41) is 17.7. The Morgan fingerprint density at radius 3 is 2.63 bits per heavy atom. The molecule has 10 heteroatoms. The van der Waals surface area contributed by atoms with Crippen molar-refractivity contribution in [2.75, 3.05) is 5.32 Å². The van der Waals surface area contributed by atoms with E-state index in [0.29, 0.717) is 20.7 Å². The molecule has 8 nitrogen and oxygen atoms in total. The van der Waals surface area contributed by atoms with Gasteiger partial charge in [-0.2, -0.15) is 5.10 Å². The molecule has 0 saturated heterocycles. The molecule has 0 spiro atoms. The molecule has 0 saturated carbocycles. The summed E-state index contributed by atoms with van der Waals surface area (Å²) < 4.78 is 0.347. The van der Waals surface area contributed by atoms with Crippen molar-refractivity contribution in [3.05, 3.63) is 67.6 Å². The van der Waals surface area contributed by atoms with E-state index in [1.807, 2.05) is 0 Å². The van der Waals surface area contributed by atoms with Crippen LogP contribution in [0.15, 0.2) is 52.0 Å². The van der Waals surface area contributed by atoms with Gasteiger partial charge in [-0.1, -0.05) is 23.7 Å². The third kappa shape index (κ3) is 6.80. The van der Waals surface area contributed by atoms with Crippen molar-refractivity contribution < 1.29 is 14.5 Å². The zero-order valence-corrected chi connectivity index (χ0v) is 16.2. The second-order valence-corrected chi connectivity index (χ2v) is 6.61. The summed E-state index contributed by atoms with van der Waals surface area (Å²) in [4.78, 5) is 33.9. The number of nitro groups is 1. The topological polar surface area (TPSA) is 114 Å². The normalized spacial score (nSPS) is 10.6. The fourth-order valence-corrected chi connectivity index (χ4v) is 2.58. The number of carbonyl (C=O) groups excluding carboxylic acids is 2. The Hall–Kier alpha value is -2.78. The Labute approximate surface area is 167 Å². The number of hydrazone groups is 1. The molecule has 0 radical (unpaired) electrons. The van der Waals surface area contributed by atoms with Crippen molar-refractivity contribution >= 4 is 56.9 Å². The van der Waals surface area contributed by atoms with Crippen molar-refractivity contribution in [2.24, 2.45) is 5.10 Å². The quantitative estimate of drug-likeness (QED) is 0.376. The minimum absolute atomic E-state index is 0.0301. The third-order valence-electron chi connectivity index (χ3n) is 3.26. The van der Waals surface area contributed by atoms with Crippen LogP contribution < -0.4 is 10.7 Å². The first-order chi connectivity index (χ1) is 12.8. The molecule has 0 heterocycles. The fraction of sp³-hybridized carbons (Fsp3) is 0.118. The number of halogens is 2. The summed E-state index contributed by atoms with van der Waals surface area (Å²) in [6.45, 7) is 0. The summed E-state index contributed by atoms with van der Waals surface area (Å²) in [5.41, 5.74) is 3.15. The van der Waals surface area contributed by atoms with Gasteiger partial charge >= 0.3 is 0 Å². The van der Waals surface area contributed by atoms with Gasteiger partial charge in [0, 0.05) is 35.2 Å². The number of nitrogens with one attached hydrogen (secondary N) is 2. The van der Waals surface area contributed by atoms with Gasteiger partial charge in [-0.05, 0) is 40.2 Å². The lowest BCUT2D eigenvalue weighted by atomic mass is 10.2. The van der Waals surface area contributed by atoms with E-state index in [2.05, 4.69) is 31.8 Å². The lowest BCUT2D eigenvalue weighted by molar-refractivity contribution is -0.385. The van der Waals surface area contributed by atoms with Crippen LogP contribution in [0.25, 0.3) is 0 Å². The molecule has 0 unspecified atom stereocenters. The number of amides is 2. The average molecular weight is 454 g/mol. The minimum atomic E-state index is -0.529. The van der Waals surface area contributed by atoms with Crippen LogP contribution in [-0.2, 0) is 9.59 Å². The van der Waals surface area contributed by atoms with Gasteiger partial charge in [-0.3, -0.25) is 19.7 Å². The first-order valence-corrected chi connectivity index (χ1v) is 8.83. The molecule has 0 aliphatic rings. The Morgan fingerprint density at radius 2 is 1.93 bits per heavy atom. The molecule has 0 aliphatic carbocycles. The van der Waals surface area contributed by atoms with E-state index in [9.17, 15) is 19.7 Å². The Kier molecular flexibility index (Phi) is 7.44. The second-order valence-electron chi connectivity index (χ2n) is 5.32. The molecule has 0 atom stereocenters. The zero-order valence-electron chi connectivity index (χ0n) is 13.8. The van der Waals surface area contributed by atoms with E-state index < -0.39 is 10.8 Å². The maximum absolute atomic E-state index is 11.8. The Balaban J connectivity index is 1.80. The second kappa shape index (κ2) is 9.79. The molecule has 0 aromatic heterocycles. The lowest BCUT2D eigenvalue weighted by Crippen LogP contribution is -2.20. The molecule has 140 valence electrons. The van der Waals surface area contributed by atoms with E-state index in [1.54, 1.807) is 30.3 Å². The van der Waals surface area contributed by atoms with Crippen molar-refractivity contribution in [3.63, 3.8) is 0 Å². The number of hydrogen-bond acceptors (Lipinski definition) is 5. The van der Waals surface area contributed by atoms with Crippen LogP contribution in [0.5, 0.6) is 0 Å². The largest absolute Gasteiger partial charge is 0.326 e. The van der Waals surface area contributed by atoms with Crippen LogP contribution in [0, 0.1) is 10.1 Å². The maximum Gasteiger partial charge on any atom is 0.284 e. The van der Waals surface area contributed by atoms with E-state index in [-0.39, 0.29) is 24.4 Å². The lowest BCUT2D eigenvalue weighted by Gasteiger charge is -2.05. The summed E-state index contributed by atoms with van der Waals surface area (Å²) in [7, 11) is 0. The predicted molar refractivity (Wildman–Crippen MR) is 106 cm³/mol. The highest BCUT2D eigenvalue weighted by atomic mass is 79.9. The van der Waals surface area contributed by atoms with Crippen LogP contribution in [0.1, 0.15) is 18.4 Å². The molecule has 2 aromatic rings. The summed E-state index contributed by atoms with van der Waals surface area (Å²) in [5.74, 6) is -0.793. The number of benzene rings is 2. The van der Waals surface area contributed by atoms with Crippen molar-refractivity contribution in [1.82, 2.24) is 5.43 Å². The zero-order chi connectivity index (χ0) is 19.8. The predicted octanol–water partition coefficient (Wildman–Crippen LogP) is 3.88. The molecule has 0 bridgehead atoms. The highest BCUT2D eigenvalue weighted by molar-refractivity contribution is 9.10. The molecular formula is C17H14BrClN4O4. The van der Waals surface area contributed by atoms with Crippen molar-refractivity contribution in [2.45, 2.75) is 12.8 Å². The SMILES string of the molecule is O=C(CCC(=O)Nc1cccc(Cl)c1)NN=Cc1ccc(Br)c([N+](=O)[O-])c1. The number of nitrogens with zero attached hydrogens (tertiary/aromatic N) is 2. The molecule has 0 fully saturated rings. The van der Waals surface area contributed by atoms with E-state index in [1.165, 1.54) is 18.3 Å². The molecule has 2 N–H and O–H groups in total. The van der Waals surface area contributed by atoms with Gasteiger partial charge in [0.15, 0.2) is 0 Å². The minimum Gasteiger partial charge on any atom is -0.326 e. The first-order valence-electron chi connectivity index (χ1n) is 7.66. The van der Waals surface area contributed by atoms with Crippen molar-refractivity contribution in [3.8, 4) is 0 Å². The molecular weight excluding hydrogens is 440 g/mol. The van der Waals surface area contributed by atoms with Crippen LogP contribution in [-0.4, -0.2) is 23.0 Å². The summed E-state index contributed by atoms with van der Waals surface area (Å²) >= 11 is 8.91. The van der Waals surface area contributed by atoms with Gasteiger partial charge in [0.05, 0.1) is 15.6 Å². The van der Waals surface area contributed by atoms with Gasteiger partial charge in [0.2, 0.25) is 11.8 Å². The van der Waals surface area contributed by atoms with E-state index in [4.69, 9.17) is 11.6 Å². The molecule has 27 heavy (non-hydrogen) atoms. The van der Waals surface area contributed by atoms with Crippen LogP contribution in [0.3, 0.4) is 0 Å². The number of hydrogen-bond donors (Lipinski definition) is 2. The summed E-state index contributed by atoms with van der Waals surface area (Å²) in [6.07, 6.45) is 1.19. The van der Waals surface area contributed by atoms with Crippen LogP contribution >= 0.6 is 27.5 Å². The molecule has 2 rings (SSSR count). The smallest absolute Gasteiger partial charge is 0.284 e. The first kappa shape index (κ1) is 20.5. The fourth-order valence-electron chi connectivity index (χ4n) is 2.00. The van der Waals surface area contributed by atoms with Crippen LogP contribution in [0.4, 0.5) is 11.4 Å². The highest BCUT2D eigenvalue weighted by Gasteiger charge is 2.11. The molecule has 2 amide bonds. The monoisotopic (exact) mass is 452 g/mol. The number of anilines is 1. The van der Waals surface area contributed by atoms with Gasteiger partial charge in [-0.25, -0.2) is 5.43 Å². The molecule has 0 aliphatic heterocycles. The number of nitro benzene ring substituents is 1. The maximum atomic E-state index is 11.8. The van der Waals surface area contributed by atoms with Crippen molar-refractivity contribution in [1.29, 1.82) is 0 Å². The third-order valence-corrected chi connectivity index (χ3v) is 4.16. The molecule has 2 aromatic carbocycles. The summed E-state index contributed by atoms with van der Waals surface area (Å²) in [6, 6.07) is 11.1. The average Bonchev–Trinajstić information content (AvgIpc) is 2.61. The van der Waals surface area contributed by atoms with E-state index >= 15 is 0 Å². The standard InChI is InChI=1S/C17H14BrClN4O4/c18-14-5-4-11(8-15(14)23(26)27)10-20-22-17(25)7-6-16(24)21-13-3-1-2-12(19)9-13/h1-5,8-10H,6-7H2,(H,21,24)(H,22,25).